The summed E-state index contributed by atoms with van der Waals surface area (Å²) >= 11 is 0. The van der Waals surface area contributed by atoms with Crippen molar-refractivity contribution in [3.8, 4) is 0 Å². The van der Waals surface area contributed by atoms with Gasteiger partial charge in [-0.25, -0.2) is 4.39 Å². The van der Waals surface area contributed by atoms with Crippen LogP contribution < -0.4 is 10.6 Å². The Morgan fingerprint density at radius 2 is 2.17 bits per heavy atom. The molecule has 0 aromatic rings. The second-order valence-electron chi connectivity index (χ2n) is 4.21. The van der Waals surface area contributed by atoms with Gasteiger partial charge < -0.3 is 10.6 Å². The van der Waals surface area contributed by atoms with E-state index >= 15 is 0 Å². The maximum Gasteiger partial charge on any atom is 0.128 e. The molecule has 2 N–H and O–H groups in total. The topological polar surface area (TPSA) is 24.1 Å². The average Bonchev–Trinajstić information content (AvgIpc) is 1.92. The summed E-state index contributed by atoms with van der Waals surface area (Å²) in [6.07, 6.45) is 1.72. The number of hydrogen-bond donors (Lipinski definition) is 2. The fourth-order valence-corrected chi connectivity index (χ4v) is 1.99. The first-order valence-electron chi connectivity index (χ1n) is 4.84. The molecule has 0 spiro atoms. The lowest BCUT2D eigenvalue weighted by atomic mass is 9.78. The summed E-state index contributed by atoms with van der Waals surface area (Å²) < 4.78 is 14.1. The molecular formula is C9H17FN2. The fourth-order valence-electron chi connectivity index (χ4n) is 1.99. The number of hydrogen-bond acceptors (Lipinski definition) is 2. The van der Waals surface area contributed by atoms with Gasteiger partial charge in [0.25, 0.3) is 0 Å². The van der Waals surface area contributed by atoms with Gasteiger partial charge in [-0.05, 0) is 19.8 Å². The van der Waals surface area contributed by atoms with Crippen molar-refractivity contribution in [2.75, 3.05) is 19.6 Å². The Morgan fingerprint density at radius 3 is 2.58 bits per heavy atom. The lowest BCUT2D eigenvalue weighted by molar-refractivity contribution is 0.0158. The third kappa shape index (κ3) is 1.36. The summed E-state index contributed by atoms with van der Waals surface area (Å²) in [4.78, 5) is 0. The molecule has 2 saturated heterocycles. The third-order valence-electron chi connectivity index (χ3n) is 3.25. The Morgan fingerprint density at radius 1 is 1.42 bits per heavy atom. The minimum absolute atomic E-state index is 0.262. The Balaban J connectivity index is 1.92. The molecule has 0 aromatic carbocycles. The number of rotatable bonds is 1. The lowest BCUT2D eigenvalue weighted by Crippen LogP contribution is -2.60. The zero-order valence-electron chi connectivity index (χ0n) is 7.57. The quantitative estimate of drug-likeness (QED) is 0.608. The predicted octanol–water partition coefficient (Wildman–Crippen LogP) is 0.686. The molecule has 0 radical (unpaired) electrons. The largest absolute Gasteiger partial charge is 0.316 e. The van der Waals surface area contributed by atoms with Gasteiger partial charge in [0, 0.05) is 31.6 Å². The van der Waals surface area contributed by atoms with Crippen LogP contribution in [0.4, 0.5) is 4.39 Å². The van der Waals surface area contributed by atoms with Crippen molar-refractivity contribution in [1.82, 2.24) is 10.6 Å². The molecule has 2 fully saturated rings. The Hall–Kier alpha value is -0.150. The van der Waals surface area contributed by atoms with Crippen LogP contribution in [0.15, 0.2) is 0 Å². The minimum atomic E-state index is -0.919. The van der Waals surface area contributed by atoms with Crippen molar-refractivity contribution >= 4 is 0 Å². The minimum Gasteiger partial charge on any atom is -0.316 e. The van der Waals surface area contributed by atoms with E-state index in [2.05, 4.69) is 17.6 Å². The molecule has 0 amide bonds. The number of halogens is 1. The van der Waals surface area contributed by atoms with Crippen LogP contribution in [-0.4, -0.2) is 31.3 Å². The molecule has 0 bridgehead atoms. The maximum absolute atomic E-state index is 14.1. The van der Waals surface area contributed by atoms with Gasteiger partial charge in [-0.3, -0.25) is 0 Å². The van der Waals surface area contributed by atoms with E-state index in [1.807, 2.05) is 0 Å². The molecule has 2 aliphatic rings. The zero-order chi connectivity index (χ0) is 8.60. The van der Waals surface area contributed by atoms with E-state index in [4.69, 9.17) is 0 Å². The summed E-state index contributed by atoms with van der Waals surface area (Å²) in [7, 11) is 0. The molecule has 2 unspecified atom stereocenters. The summed E-state index contributed by atoms with van der Waals surface area (Å²) in [5.41, 5.74) is -0.919. The maximum atomic E-state index is 14.1. The molecular weight excluding hydrogens is 155 g/mol. The van der Waals surface area contributed by atoms with Crippen LogP contribution >= 0.6 is 0 Å². The summed E-state index contributed by atoms with van der Waals surface area (Å²) in [6, 6.07) is 0.502. The standard InChI is InChI=1S/C9H17FN2/c1-7-2-3-9(10,6-12-7)8-4-11-5-8/h7-8,11-12H,2-6H2,1H3. The van der Waals surface area contributed by atoms with Crippen LogP contribution in [0.1, 0.15) is 19.8 Å². The van der Waals surface area contributed by atoms with Gasteiger partial charge in [0.15, 0.2) is 0 Å². The molecule has 2 heterocycles. The zero-order valence-corrected chi connectivity index (χ0v) is 7.57. The Bertz CT molecular complexity index is 160. The van der Waals surface area contributed by atoms with E-state index in [-0.39, 0.29) is 5.92 Å². The van der Waals surface area contributed by atoms with Crippen LogP contribution in [0.2, 0.25) is 0 Å². The highest BCUT2D eigenvalue weighted by Gasteiger charge is 2.43. The highest BCUT2D eigenvalue weighted by Crippen LogP contribution is 2.33. The van der Waals surface area contributed by atoms with Crippen molar-refractivity contribution in [2.45, 2.75) is 31.5 Å². The van der Waals surface area contributed by atoms with Crippen molar-refractivity contribution in [3.63, 3.8) is 0 Å². The number of nitrogens with one attached hydrogen (secondary N) is 2. The second-order valence-corrected chi connectivity index (χ2v) is 4.21. The van der Waals surface area contributed by atoms with E-state index < -0.39 is 5.67 Å². The van der Waals surface area contributed by atoms with E-state index in [0.29, 0.717) is 12.6 Å². The highest BCUT2D eigenvalue weighted by atomic mass is 19.1. The van der Waals surface area contributed by atoms with Gasteiger partial charge in [0.2, 0.25) is 0 Å². The van der Waals surface area contributed by atoms with Crippen molar-refractivity contribution < 1.29 is 4.39 Å². The smallest absolute Gasteiger partial charge is 0.128 e. The monoisotopic (exact) mass is 172 g/mol. The van der Waals surface area contributed by atoms with Gasteiger partial charge in [-0.1, -0.05) is 0 Å². The van der Waals surface area contributed by atoms with Crippen molar-refractivity contribution in [2.24, 2.45) is 5.92 Å². The van der Waals surface area contributed by atoms with E-state index in [1.165, 1.54) is 0 Å². The molecule has 2 atom stereocenters. The SMILES string of the molecule is CC1CCC(F)(C2CNC2)CN1. The molecule has 2 rings (SSSR count). The van der Waals surface area contributed by atoms with Crippen LogP contribution in [0.5, 0.6) is 0 Å². The van der Waals surface area contributed by atoms with Gasteiger partial charge in [0.1, 0.15) is 5.67 Å². The van der Waals surface area contributed by atoms with Gasteiger partial charge in [-0.2, -0.15) is 0 Å². The van der Waals surface area contributed by atoms with Gasteiger partial charge in [0.05, 0.1) is 0 Å². The first-order chi connectivity index (χ1) is 5.71. The Kier molecular flexibility index (Phi) is 2.09. The summed E-state index contributed by atoms with van der Waals surface area (Å²) in [6.45, 7) is 4.41. The van der Waals surface area contributed by atoms with Crippen LogP contribution in [0.25, 0.3) is 0 Å². The number of piperidine rings is 1. The molecule has 12 heavy (non-hydrogen) atoms. The van der Waals surface area contributed by atoms with Crippen LogP contribution in [-0.2, 0) is 0 Å². The lowest BCUT2D eigenvalue weighted by Gasteiger charge is -2.43. The first-order valence-corrected chi connectivity index (χ1v) is 4.84. The third-order valence-corrected chi connectivity index (χ3v) is 3.25. The highest BCUT2D eigenvalue weighted by molar-refractivity contribution is 4.99. The van der Waals surface area contributed by atoms with Gasteiger partial charge in [-0.15, -0.1) is 0 Å². The molecule has 2 aliphatic heterocycles. The summed E-state index contributed by atoms with van der Waals surface area (Å²) in [5.74, 6) is 0.262. The average molecular weight is 172 g/mol. The fraction of sp³-hybridized carbons (Fsp3) is 1.00. The van der Waals surface area contributed by atoms with Crippen LogP contribution in [0, 0.1) is 5.92 Å². The van der Waals surface area contributed by atoms with Crippen molar-refractivity contribution in [3.05, 3.63) is 0 Å². The van der Waals surface area contributed by atoms with Crippen LogP contribution in [0.3, 0.4) is 0 Å². The normalized spacial score (nSPS) is 44.0. The molecule has 0 aromatic heterocycles. The predicted molar refractivity (Wildman–Crippen MR) is 46.9 cm³/mol. The van der Waals surface area contributed by atoms with E-state index in [1.54, 1.807) is 0 Å². The van der Waals surface area contributed by atoms with Crippen molar-refractivity contribution in [1.29, 1.82) is 0 Å². The molecule has 70 valence electrons. The summed E-state index contributed by atoms with van der Waals surface area (Å²) in [5, 5.41) is 6.35. The van der Waals surface area contributed by atoms with Gasteiger partial charge >= 0.3 is 0 Å². The van der Waals surface area contributed by atoms with E-state index in [0.717, 1.165) is 25.9 Å². The molecule has 2 nitrogen and oxygen atoms in total. The Labute approximate surface area is 72.9 Å². The molecule has 3 heteroatoms. The molecule has 0 saturated carbocycles. The number of alkyl halides is 1. The molecule has 0 aliphatic carbocycles. The first kappa shape index (κ1) is 8.45. The van der Waals surface area contributed by atoms with E-state index in [9.17, 15) is 4.39 Å². The second kappa shape index (κ2) is 2.96.